The third-order valence-electron chi connectivity index (χ3n) is 3.00. The zero-order chi connectivity index (χ0) is 12.4. The maximum Gasteiger partial charge on any atom is 0.165 e. The van der Waals surface area contributed by atoms with Gasteiger partial charge in [-0.05, 0) is 31.5 Å². The van der Waals surface area contributed by atoms with Crippen molar-refractivity contribution in [1.29, 1.82) is 0 Å². The normalized spacial score (nSPS) is 19.1. The van der Waals surface area contributed by atoms with E-state index in [1.165, 1.54) is 6.42 Å². The largest absolute Gasteiger partial charge is 0.452 e. The van der Waals surface area contributed by atoms with Crippen molar-refractivity contribution in [2.75, 3.05) is 6.54 Å². The lowest BCUT2D eigenvalue weighted by atomic mass is 10.3. The van der Waals surface area contributed by atoms with Crippen molar-refractivity contribution in [3.8, 4) is 11.5 Å². The fraction of sp³-hybridized carbons (Fsp3) is 0.308. The molecule has 2 heterocycles. The van der Waals surface area contributed by atoms with Crippen LogP contribution in [-0.2, 0) is 0 Å². The van der Waals surface area contributed by atoms with Gasteiger partial charge < -0.3 is 4.74 Å². The maximum absolute atomic E-state index is 6.04. The molecule has 1 aliphatic rings. The van der Waals surface area contributed by atoms with E-state index in [0.29, 0.717) is 16.5 Å². The van der Waals surface area contributed by atoms with Crippen molar-refractivity contribution in [3.05, 3.63) is 41.7 Å². The average molecular weight is 264 g/mol. The Morgan fingerprint density at radius 2 is 2.28 bits per heavy atom. The van der Waals surface area contributed by atoms with E-state index in [1.807, 2.05) is 29.1 Å². The van der Waals surface area contributed by atoms with Gasteiger partial charge in [0.05, 0.1) is 17.4 Å². The van der Waals surface area contributed by atoms with Crippen molar-refractivity contribution >= 4 is 11.6 Å². The van der Waals surface area contributed by atoms with Crippen LogP contribution in [0.3, 0.4) is 0 Å². The van der Waals surface area contributed by atoms with Crippen LogP contribution in [0.1, 0.15) is 19.0 Å². The molecule has 1 aromatic carbocycles. The summed E-state index contributed by atoms with van der Waals surface area (Å²) in [6.07, 6.45) is 6.18. The molecule has 1 aromatic heterocycles. The molecule has 1 atom stereocenters. The molecule has 1 saturated heterocycles. The highest BCUT2D eigenvalue weighted by atomic mass is 35.5. The number of hydrogen-bond donors (Lipinski definition) is 1. The maximum atomic E-state index is 6.04. The Balaban J connectivity index is 1.75. The van der Waals surface area contributed by atoms with Crippen LogP contribution in [0.15, 0.2) is 36.7 Å². The lowest BCUT2D eigenvalue weighted by Crippen LogP contribution is -2.19. The number of nitrogens with zero attached hydrogens (tertiary/aromatic N) is 2. The lowest BCUT2D eigenvalue weighted by molar-refractivity contribution is 0.421. The molecular formula is C13H14ClN3O. The molecule has 1 fully saturated rings. The van der Waals surface area contributed by atoms with Crippen LogP contribution in [0.25, 0.3) is 0 Å². The average Bonchev–Trinajstić information content (AvgIpc) is 3.02. The first kappa shape index (κ1) is 11.6. The van der Waals surface area contributed by atoms with Crippen LogP contribution < -0.4 is 10.1 Å². The first-order chi connectivity index (χ1) is 8.83. The predicted molar refractivity (Wildman–Crippen MR) is 70.0 cm³/mol. The first-order valence-electron chi connectivity index (χ1n) is 6.03. The number of nitrogens with one attached hydrogen (secondary N) is 1. The lowest BCUT2D eigenvalue weighted by Gasteiger charge is -2.09. The Kier molecular flexibility index (Phi) is 3.21. The van der Waals surface area contributed by atoms with Gasteiger partial charge in [0.2, 0.25) is 0 Å². The molecule has 0 saturated carbocycles. The number of aromatic nitrogens is 2. The van der Waals surface area contributed by atoms with Crippen molar-refractivity contribution in [1.82, 2.24) is 15.1 Å². The summed E-state index contributed by atoms with van der Waals surface area (Å²) in [4.78, 5) is 0. The van der Waals surface area contributed by atoms with Gasteiger partial charge in [-0.15, -0.1) is 0 Å². The van der Waals surface area contributed by atoms with Crippen molar-refractivity contribution in [2.45, 2.75) is 19.0 Å². The molecule has 5 heteroatoms. The second kappa shape index (κ2) is 5.00. The van der Waals surface area contributed by atoms with Gasteiger partial charge in [-0.2, -0.15) is 5.10 Å². The van der Waals surface area contributed by atoms with Crippen LogP contribution in [0.5, 0.6) is 11.5 Å². The molecule has 1 N–H and O–H groups in total. The summed E-state index contributed by atoms with van der Waals surface area (Å²) in [7, 11) is 0. The Morgan fingerprint density at radius 1 is 1.39 bits per heavy atom. The quantitative estimate of drug-likeness (QED) is 0.924. The fourth-order valence-corrected chi connectivity index (χ4v) is 2.26. The molecule has 0 radical (unpaired) electrons. The molecule has 0 amide bonds. The topological polar surface area (TPSA) is 39.1 Å². The summed E-state index contributed by atoms with van der Waals surface area (Å²) >= 11 is 6.04. The molecule has 0 aliphatic carbocycles. The van der Waals surface area contributed by atoms with Crippen LogP contribution in [0, 0.1) is 0 Å². The Bertz CT molecular complexity index is 535. The molecule has 0 spiro atoms. The SMILES string of the molecule is Clc1ccccc1Oc1cnn(C2CCCN2)c1. The number of para-hydroxylation sites is 1. The number of halogens is 1. The molecule has 1 unspecified atom stereocenters. The predicted octanol–water partition coefficient (Wildman–Crippen LogP) is 3.21. The van der Waals surface area contributed by atoms with Gasteiger partial charge in [0.15, 0.2) is 5.75 Å². The van der Waals surface area contributed by atoms with Crippen molar-refractivity contribution < 1.29 is 4.74 Å². The molecule has 18 heavy (non-hydrogen) atoms. The number of ether oxygens (including phenoxy) is 1. The van der Waals surface area contributed by atoms with E-state index in [2.05, 4.69) is 10.4 Å². The summed E-state index contributed by atoms with van der Waals surface area (Å²) in [5.74, 6) is 1.36. The van der Waals surface area contributed by atoms with E-state index in [0.717, 1.165) is 13.0 Å². The second-order valence-corrected chi connectivity index (χ2v) is 4.71. The minimum absolute atomic E-state index is 0.286. The summed E-state index contributed by atoms with van der Waals surface area (Å²) in [6, 6.07) is 7.42. The zero-order valence-electron chi connectivity index (χ0n) is 9.84. The molecule has 4 nitrogen and oxygen atoms in total. The van der Waals surface area contributed by atoms with E-state index in [1.54, 1.807) is 12.3 Å². The molecule has 94 valence electrons. The number of hydrogen-bond acceptors (Lipinski definition) is 3. The Labute approximate surface area is 111 Å². The molecular weight excluding hydrogens is 250 g/mol. The highest BCUT2D eigenvalue weighted by Gasteiger charge is 2.17. The van der Waals surface area contributed by atoms with Gasteiger partial charge in [0.1, 0.15) is 11.9 Å². The van der Waals surface area contributed by atoms with E-state index in [-0.39, 0.29) is 6.17 Å². The Morgan fingerprint density at radius 3 is 3.06 bits per heavy atom. The van der Waals surface area contributed by atoms with Gasteiger partial charge >= 0.3 is 0 Å². The van der Waals surface area contributed by atoms with E-state index >= 15 is 0 Å². The van der Waals surface area contributed by atoms with E-state index < -0.39 is 0 Å². The summed E-state index contributed by atoms with van der Waals surface area (Å²) in [6.45, 7) is 1.05. The summed E-state index contributed by atoms with van der Waals surface area (Å²) < 4.78 is 7.61. The van der Waals surface area contributed by atoms with Crippen molar-refractivity contribution in [2.24, 2.45) is 0 Å². The molecule has 3 rings (SSSR count). The van der Waals surface area contributed by atoms with Gasteiger partial charge in [-0.25, -0.2) is 0 Å². The molecule has 2 aromatic rings. The number of rotatable bonds is 3. The molecule has 1 aliphatic heterocycles. The van der Waals surface area contributed by atoms with Crippen LogP contribution in [-0.4, -0.2) is 16.3 Å². The van der Waals surface area contributed by atoms with Crippen LogP contribution >= 0.6 is 11.6 Å². The third kappa shape index (κ3) is 2.35. The first-order valence-corrected chi connectivity index (χ1v) is 6.40. The zero-order valence-corrected chi connectivity index (χ0v) is 10.6. The fourth-order valence-electron chi connectivity index (χ4n) is 2.09. The minimum Gasteiger partial charge on any atom is -0.452 e. The smallest absolute Gasteiger partial charge is 0.165 e. The van der Waals surface area contributed by atoms with Crippen LogP contribution in [0.4, 0.5) is 0 Å². The second-order valence-electron chi connectivity index (χ2n) is 4.30. The highest BCUT2D eigenvalue weighted by molar-refractivity contribution is 6.32. The monoisotopic (exact) mass is 263 g/mol. The van der Waals surface area contributed by atoms with E-state index in [9.17, 15) is 0 Å². The summed E-state index contributed by atoms with van der Waals surface area (Å²) in [5.41, 5.74) is 0. The van der Waals surface area contributed by atoms with Gasteiger partial charge in [-0.3, -0.25) is 10.00 Å². The van der Waals surface area contributed by atoms with Crippen LogP contribution in [0.2, 0.25) is 5.02 Å². The van der Waals surface area contributed by atoms with Gasteiger partial charge in [0, 0.05) is 0 Å². The third-order valence-corrected chi connectivity index (χ3v) is 3.31. The molecule has 0 bridgehead atoms. The highest BCUT2D eigenvalue weighted by Crippen LogP contribution is 2.29. The number of benzene rings is 1. The minimum atomic E-state index is 0.286. The summed E-state index contributed by atoms with van der Waals surface area (Å²) in [5, 5.41) is 8.29. The van der Waals surface area contributed by atoms with Gasteiger partial charge in [-0.1, -0.05) is 23.7 Å². The van der Waals surface area contributed by atoms with Gasteiger partial charge in [0.25, 0.3) is 0 Å². The van der Waals surface area contributed by atoms with E-state index in [4.69, 9.17) is 16.3 Å². The van der Waals surface area contributed by atoms with Crippen molar-refractivity contribution in [3.63, 3.8) is 0 Å². The Hall–Kier alpha value is -1.52. The standard InChI is InChI=1S/C13H14ClN3O/c14-11-4-1-2-5-12(11)18-10-8-16-17(9-10)13-6-3-7-15-13/h1-2,4-5,8-9,13,15H,3,6-7H2.